The molecule has 126 valence electrons. The molecule has 0 saturated heterocycles. The van der Waals surface area contributed by atoms with Crippen molar-refractivity contribution in [2.24, 2.45) is 0 Å². The van der Waals surface area contributed by atoms with Gasteiger partial charge in [0.25, 0.3) is 0 Å². The molecule has 0 heterocycles. The monoisotopic (exact) mass is 336 g/mol. The summed E-state index contributed by atoms with van der Waals surface area (Å²) in [5, 5.41) is 0. The smallest absolute Gasteiger partial charge is 0.377 e. The van der Waals surface area contributed by atoms with E-state index in [1.54, 1.807) is 0 Å². The maximum atomic E-state index is 12.6. The van der Waals surface area contributed by atoms with Crippen molar-refractivity contribution in [2.75, 3.05) is 7.11 Å². The fraction of sp³-hybridized carbons (Fsp3) is 0.600. The molecule has 0 aliphatic heterocycles. The van der Waals surface area contributed by atoms with Gasteiger partial charge in [0, 0.05) is 25.4 Å². The zero-order valence-corrected chi connectivity index (χ0v) is 14.5. The molecule has 1 aromatic carbocycles. The van der Waals surface area contributed by atoms with Gasteiger partial charge in [-0.15, -0.1) is 0 Å². The Morgan fingerprint density at radius 2 is 1.41 bits per heavy atom. The molecule has 0 atom stereocenters. The summed E-state index contributed by atoms with van der Waals surface area (Å²) in [4.78, 5) is 0. The summed E-state index contributed by atoms with van der Waals surface area (Å²) in [6.07, 6.45) is -4.53. The van der Waals surface area contributed by atoms with Gasteiger partial charge in [-0.05, 0) is 45.4 Å². The molecule has 0 aliphatic carbocycles. The van der Waals surface area contributed by atoms with Gasteiger partial charge in [-0.25, -0.2) is 0 Å². The Balaban J connectivity index is 2.98. The number of hydrogen-bond donors (Lipinski definition) is 0. The summed E-state index contributed by atoms with van der Waals surface area (Å²) in [5.41, 5.74) is 0.0262. The van der Waals surface area contributed by atoms with E-state index in [-0.39, 0.29) is 12.2 Å². The highest BCUT2D eigenvalue weighted by atomic mass is 28.4. The predicted octanol–water partition coefficient (Wildman–Crippen LogP) is 4.22. The van der Waals surface area contributed by atoms with Crippen LogP contribution in [0.2, 0.25) is 0 Å². The number of rotatable bonds is 7. The average molecular weight is 336 g/mol. The number of benzene rings is 1. The molecule has 0 fully saturated rings. The van der Waals surface area contributed by atoms with Gasteiger partial charge in [0.15, 0.2) is 0 Å². The van der Waals surface area contributed by atoms with Crippen molar-refractivity contribution >= 4 is 8.80 Å². The Labute approximate surface area is 130 Å². The highest BCUT2D eigenvalue weighted by Gasteiger charge is 2.42. The molecular weight excluding hydrogens is 313 g/mol. The lowest BCUT2D eigenvalue weighted by molar-refractivity contribution is -0.137. The van der Waals surface area contributed by atoms with Gasteiger partial charge in [-0.3, -0.25) is 0 Å². The first-order valence-electron chi connectivity index (χ1n) is 7.15. The predicted molar refractivity (Wildman–Crippen MR) is 80.4 cm³/mol. The summed E-state index contributed by atoms with van der Waals surface area (Å²) >= 11 is 0. The summed E-state index contributed by atoms with van der Waals surface area (Å²) < 4.78 is 55.1. The van der Waals surface area contributed by atoms with Gasteiger partial charge in [0.05, 0.1) is 5.56 Å². The first kappa shape index (κ1) is 19.2. The summed E-state index contributed by atoms with van der Waals surface area (Å²) in [6.45, 7) is 7.49. The van der Waals surface area contributed by atoms with E-state index in [0.717, 1.165) is 12.1 Å². The lowest BCUT2D eigenvalue weighted by Crippen LogP contribution is -2.50. The van der Waals surface area contributed by atoms with Crippen molar-refractivity contribution in [3.05, 3.63) is 35.4 Å². The third-order valence-electron chi connectivity index (χ3n) is 2.84. The molecule has 0 amide bonds. The molecule has 1 rings (SSSR count). The SMILES string of the molecule is CO[Si](Cc1ccc(C(F)(F)F)cc1)(OC(C)C)OC(C)C. The normalized spacial score (nSPS) is 13.2. The van der Waals surface area contributed by atoms with E-state index in [4.69, 9.17) is 13.3 Å². The maximum absolute atomic E-state index is 12.6. The maximum Gasteiger partial charge on any atom is 0.505 e. The van der Waals surface area contributed by atoms with E-state index in [1.165, 1.54) is 19.2 Å². The summed E-state index contributed by atoms with van der Waals surface area (Å²) in [7, 11) is -1.47. The third-order valence-corrected chi connectivity index (χ3v) is 5.97. The zero-order chi connectivity index (χ0) is 17.0. The van der Waals surface area contributed by atoms with Crippen molar-refractivity contribution in [3.63, 3.8) is 0 Å². The van der Waals surface area contributed by atoms with Gasteiger partial charge in [-0.2, -0.15) is 13.2 Å². The van der Waals surface area contributed by atoms with E-state index in [9.17, 15) is 13.2 Å². The molecule has 0 unspecified atom stereocenters. The molecule has 0 spiro atoms. The Bertz CT molecular complexity index is 448. The highest BCUT2D eigenvalue weighted by molar-refractivity contribution is 6.60. The van der Waals surface area contributed by atoms with Crippen LogP contribution in [0.15, 0.2) is 24.3 Å². The first-order chi connectivity index (χ1) is 10.1. The van der Waals surface area contributed by atoms with Crippen LogP contribution < -0.4 is 0 Å². The third kappa shape index (κ3) is 5.72. The van der Waals surface area contributed by atoms with Crippen LogP contribution in [0.5, 0.6) is 0 Å². The Kier molecular flexibility index (Phi) is 6.60. The Morgan fingerprint density at radius 1 is 0.955 bits per heavy atom. The van der Waals surface area contributed by atoms with E-state index in [1.807, 2.05) is 27.7 Å². The van der Waals surface area contributed by atoms with Crippen LogP contribution in [0.1, 0.15) is 38.8 Å². The number of hydrogen-bond acceptors (Lipinski definition) is 3. The van der Waals surface area contributed by atoms with Crippen molar-refractivity contribution in [1.29, 1.82) is 0 Å². The van der Waals surface area contributed by atoms with Crippen LogP contribution in [0.4, 0.5) is 13.2 Å². The minimum atomic E-state index is -4.34. The summed E-state index contributed by atoms with van der Waals surface area (Å²) in [6, 6.07) is 5.34. The minimum Gasteiger partial charge on any atom is -0.377 e. The largest absolute Gasteiger partial charge is 0.505 e. The van der Waals surface area contributed by atoms with E-state index < -0.39 is 20.5 Å². The molecule has 0 aliphatic rings. The minimum absolute atomic E-state index is 0.0974. The topological polar surface area (TPSA) is 27.7 Å². The van der Waals surface area contributed by atoms with Crippen LogP contribution in [-0.2, 0) is 25.5 Å². The van der Waals surface area contributed by atoms with Crippen LogP contribution >= 0.6 is 0 Å². The molecule has 22 heavy (non-hydrogen) atoms. The standard InChI is InChI=1S/C15H23F3O3Si/c1-11(2)20-22(19-5,21-12(3)4)10-13-6-8-14(9-7-13)15(16,17)18/h6-9,11-12H,10H2,1-5H3. The van der Waals surface area contributed by atoms with Gasteiger partial charge >= 0.3 is 15.0 Å². The average Bonchev–Trinajstić information content (AvgIpc) is 2.36. The van der Waals surface area contributed by atoms with E-state index >= 15 is 0 Å². The second-order valence-electron chi connectivity index (χ2n) is 5.59. The van der Waals surface area contributed by atoms with E-state index in [2.05, 4.69) is 0 Å². The lowest BCUT2D eigenvalue weighted by atomic mass is 10.1. The second-order valence-corrected chi connectivity index (χ2v) is 8.19. The van der Waals surface area contributed by atoms with Crippen molar-refractivity contribution < 1.29 is 26.4 Å². The van der Waals surface area contributed by atoms with Crippen molar-refractivity contribution in [1.82, 2.24) is 0 Å². The van der Waals surface area contributed by atoms with Gasteiger partial charge in [0.1, 0.15) is 0 Å². The molecular formula is C15H23F3O3Si. The summed E-state index contributed by atoms with van der Waals surface area (Å²) in [5.74, 6) is 0. The van der Waals surface area contributed by atoms with Gasteiger partial charge in [0.2, 0.25) is 0 Å². The van der Waals surface area contributed by atoms with Gasteiger partial charge in [-0.1, -0.05) is 12.1 Å². The van der Waals surface area contributed by atoms with Crippen molar-refractivity contribution in [2.45, 2.75) is 52.1 Å². The molecule has 0 saturated carbocycles. The van der Waals surface area contributed by atoms with Crippen LogP contribution in [0.3, 0.4) is 0 Å². The lowest BCUT2D eigenvalue weighted by Gasteiger charge is -2.31. The molecule has 1 aromatic rings. The number of alkyl halides is 3. The van der Waals surface area contributed by atoms with Gasteiger partial charge < -0.3 is 13.3 Å². The van der Waals surface area contributed by atoms with Crippen LogP contribution in [0.25, 0.3) is 0 Å². The fourth-order valence-corrected chi connectivity index (χ4v) is 4.79. The first-order valence-corrected chi connectivity index (χ1v) is 9.08. The second kappa shape index (κ2) is 7.59. The zero-order valence-electron chi connectivity index (χ0n) is 13.5. The number of halogens is 3. The molecule has 3 nitrogen and oxygen atoms in total. The molecule has 0 radical (unpaired) electrons. The van der Waals surface area contributed by atoms with Crippen LogP contribution in [-0.4, -0.2) is 28.1 Å². The van der Waals surface area contributed by atoms with E-state index in [0.29, 0.717) is 11.6 Å². The quantitative estimate of drug-likeness (QED) is 0.698. The molecule has 0 N–H and O–H groups in total. The van der Waals surface area contributed by atoms with Crippen LogP contribution in [0, 0.1) is 0 Å². The highest BCUT2D eigenvalue weighted by Crippen LogP contribution is 2.30. The molecule has 0 aromatic heterocycles. The molecule has 0 bridgehead atoms. The molecule has 7 heteroatoms. The fourth-order valence-electron chi connectivity index (χ4n) is 2.06. The Hall–Kier alpha value is -0.893. The van der Waals surface area contributed by atoms with Crippen molar-refractivity contribution in [3.8, 4) is 0 Å². The Morgan fingerprint density at radius 3 is 1.73 bits per heavy atom.